The monoisotopic (exact) mass is 362 g/mol. The Kier molecular flexibility index (Phi) is 6.47. The van der Waals surface area contributed by atoms with E-state index in [1.165, 1.54) is 6.08 Å². The Morgan fingerprint density at radius 3 is 2.48 bits per heavy atom. The molecule has 0 aliphatic heterocycles. The molecule has 0 saturated heterocycles. The first-order valence-electron chi connectivity index (χ1n) is 8.91. The van der Waals surface area contributed by atoms with Crippen molar-refractivity contribution in [3.63, 3.8) is 0 Å². The summed E-state index contributed by atoms with van der Waals surface area (Å²) in [7, 11) is 0. The van der Waals surface area contributed by atoms with Gasteiger partial charge in [0.15, 0.2) is 0 Å². The Labute approximate surface area is 159 Å². The molecule has 1 atom stereocenters. The third kappa shape index (κ3) is 5.89. The molecule has 138 valence electrons. The Balaban J connectivity index is 1.51. The molecule has 0 spiro atoms. The molecule has 2 aromatic rings. The average molecular weight is 362 g/mol. The predicted molar refractivity (Wildman–Crippen MR) is 105 cm³/mol. The number of benzene rings is 2. The first-order valence-corrected chi connectivity index (χ1v) is 8.91. The summed E-state index contributed by atoms with van der Waals surface area (Å²) in [5.41, 5.74) is 0. The van der Waals surface area contributed by atoms with E-state index in [-0.39, 0.29) is 5.97 Å². The van der Waals surface area contributed by atoms with Gasteiger partial charge in [0.2, 0.25) is 0 Å². The number of hydrogen-bond donors (Lipinski definition) is 0. The smallest absolute Gasteiger partial charge is 0.330 e. The van der Waals surface area contributed by atoms with Crippen molar-refractivity contribution in [2.45, 2.75) is 12.8 Å². The van der Waals surface area contributed by atoms with E-state index in [1.807, 2.05) is 66.7 Å². The molecule has 1 unspecified atom stereocenters. The largest absolute Gasteiger partial charge is 0.463 e. The zero-order valence-electron chi connectivity index (χ0n) is 15.0. The Morgan fingerprint density at radius 1 is 1.04 bits per heavy atom. The maximum absolute atomic E-state index is 11.1. The second-order valence-electron chi connectivity index (χ2n) is 6.11. The Hall–Kier alpha value is -3.27. The van der Waals surface area contributed by atoms with Gasteiger partial charge in [-0.3, -0.25) is 0 Å². The highest BCUT2D eigenvalue weighted by molar-refractivity contribution is 5.81. The fraction of sp³-hybridized carbons (Fsp3) is 0.174. The number of carbonyl (C=O) groups is 1. The van der Waals surface area contributed by atoms with Gasteiger partial charge in [0.1, 0.15) is 23.0 Å². The highest BCUT2D eigenvalue weighted by Gasteiger charge is 2.11. The Morgan fingerprint density at radius 2 is 1.78 bits per heavy atom. The lowest BCUT2D eigenvalue weighted by atomic mass is 9.97. The van der Waals surface area contributed by atoms with E-state index in [9.17, 15) is 4.79 Å². The molecule has 0 fully saturated rings. The number of carbonyl (C=O) groups excluding carboxylic acids is 1. The fourth-order valence-electron chi connectivity index (χ4n) is 2.67. The van der Waals surface area contributed by atoms with Crippen LogP contribution in [0.4, 0.5) is 0 Å². The SMILES string of the molecule is C=CC(=O)OCCC1C=CC(Oc2cccc(Oc3ccccc3)c2)=CC1. The Bertz CT molecular complexity index is 836. The quantitative estimate of drug-likeness (QED) is 0.463. The van der Waals surface area contributed by atoms with E-state index in [4.69, 9.17) is 14.2 Å². The molecule has 0 radical (unpaired) electrons. The summed E-state index contributed by atoms with van der Waals surface area (Å²) in [4.78, 5) is 11.1. The number of allylic oxidation sites excluding steroid dienone is 3. The summed E-state index contributed by atoms with van der Waals surface area (Å²) in [5.74, 6) is 2.98. The van der Waals surface area contributed by atoms with Gasteiger partial charge in [-0.1, -0.05) is 36.9 Å². The van der Waals surface area contributed by atoms with Gasteiger partial charge in [-0.2, -0.15) is 0 Å². The topological polar surface area (TPSA) is 44.8 Å². The van der Waals surface area contributed by atoms with Crippen LogP contribution < -0.4 is 9.47 Å². The minimum atomic E-state index is -0.382. The van der Waals surface area contributed by atoms with Crippen molar-refractivity contribution in [2.75, 3.05) is 6.61 Å². The van der Waals surface area contributed by atoms with Gasteiger partial charge in [-0.25, -0.2) is 4.79 Å². The van der Waals surface area contributed by atoms with Crippen molar-refractivity contribution in [1.29, 1.82) is 0 Å². The zero-order chi connectivity index (χ0) is 18.9. The maximum atomic E-state index is 11.1. The molecular weight excluding hydrogens is 340 g/mol. The van der Waals surface area contributed by atoms with Gasteiger partial charge in [0.05, 0.1) is 6.61 Å². The molecule has 4 nitrogen and oxygen atoms in total. The standard InChI is InChI=1S/C23H22O4/c1-2-23(24)25-16-15-18-11-13-20(14-12-18)27-22-10-6-9-21(17-22)26-19-7-4-3-5-8-19/h2-11,13-14,17-18H,1,12,15-16H2. The van der Waals surface area contributed by atoms with Crippen LogP contribution in [0.2, 0.25) is 0 Å². The summed E-state index contributed by atoms with van der Waals surface area (Å²) in [6.45, 7) is 3.77. The van der Waals surface area contributed by atoms with E-state index < -0.39 is 0 Å². The van der Waals surface area contributed by atoms with Crippen LogP contribution in [0.1, 0.15) is 12.8 Å². The van der Waals surface area contributed by atoms with Crippen molar-refractivity contribution in [2.24, 2.45) is 5.92 Å². The summed E-state index contributed by atoms with van der Waals surface area (Å²) >= 11 is 0. The number of hydrogen-bond acceptors (Lipinski definition) is 4. The normalized spacial score (nSPS) is 15.6. The summed E-state index contributed by atoms with van der Waals surface area (Å²) < 4.78 is 16.8. The molecule has 4 heteroatoms. The molecule has 1 aliphatic carbocycles. The fourth-order valence-corrected chi connectivity index (χ4v) is 2.67. The summed E-state index contributed by atoms with van der Waals surface area (Å²) in [5, 5.41) is 0. The zero-order valence-corrected chi connectivity index (χ0v) is 15.0. The molecule has 0 saturated carbocycles. The lowest BCUT2D eigenvalue weighted by Crippen LogP contribution is -2.09. The molecular formula is C23H22O4. The van der Waals surface area contributed by atoms with Crippen LogP contribution in [-0.4, -0.2) is 12.6 Å². The van der Waals surface area contributed by atoms with Crippen LogP contribution in [0, 0.1) is 5.92 Å². The van der Waals surface area contributed by atoms with Crippen LogP contribution >= 0.6 is 0 Å². The molecule has 0 N–H and O–H groups in total. The van der Waals surface area contributed by atoms with Gasteiger partial charge < -0.3 is 14.2 Å². The van der Waals surface area contributed by atoms with Crippen molar-refractivity contribution < 1.29 is 19.0 Å². The third-order valence-electron chi connectivity index (χ3n) is 4.07. The van der Waals surface area contributed by atoms with Crippen LogP contribution in [0.5, 0.6) is 17.2 Å². The second-order valence-corrected chi connectivity index (χ2v) is 6.11. The van der Waals surface area contributed by atoms with E-state index in [1.54, 1.807) is 0 Å². The molecule has 2 aromatic carbocycles. The van der Waals surface area contributed by atoms with Gasteiger partial charge in [-0.15, -0.1) is 0 Å². The average Bonchev–Trinajstić information content (AvgIpc) is 2.70. The van der Waals surface area contributed by atoms with Crippen molar-refractivity contribution in [3.8, 4) is 17.2 Å². The van der Waals surface area contributed by atoms with Gasteiger partial charge in [-0.05, 0) is 55.2 Å². The second kappa shape index (κ2) is 9.43. The maximum Gasteiger partial charge on any atom is 0.330 e. The predicted octanol–water partition coefficient (Wildman–Crippen LogP) is 5.44. The highest BCUT2D eigenvalue weighted by atomic mass is 16.5. The minimum Gasteiger partial charge on any atom is -0.463 e. The van der Waals surface area contributed by atoms with Gasteiger partial charge in [0, 0.05) is 12.1 Å². The highest BCUT2D eigenvalue weighted by Crippen LogP contribution is 2.27. The van der Waals surface area contributed by atoms with Crippen LogP contribution in [-0.2, 0) is 9.53 Å². The molecule has 0 amide bonds. The molecule has 27 heavy (non-hydrogen) atoms. The lowest BCUT2D eigenvalue weighted by molar-refractivity contribution is -0.138. The first-order chi connectivity index (χ1) is 13.2. The van der Waals surface area contributed by atoms with Crippen LogP contribution in [0.3, 0.4) is 0 Å². The minimum absolute atomic E-state index is 0.336. The molecule has 1 aliphatic rings. The van der Waals surface area contributed by atoms with Crippen molar-refractivity contribution in [3.05, 3.63) is 91.2 Å². The van der Waals surface area contributed by atoms with E-state index >= 15 is 0 Å². The van der Waals surface area contributed by atoms with E-state index in [0.717, 1.165) is 35.8 Å². The van der Waals surface area contributed by atoms with Gasteiger partial charge in [0.25, 0.3) is 0 Å². The number of esters is 1. The number of para-hydroxylation sites is 1. The molecule has 3 rings (SSSR count). The first kappa shape index (κ1) is 18.5. The molecule has 0 heterocycles. The van der Waals surface area contributed by atoms with Crippen molar-refractivity contribution >= 4 is 5.97 Å². The van der Waals surface area contributed by atoms with Crippen LogP contribution in [0.25, 0.3) is 0 Å². The van der Waals surface area contributed by atoms with E-state index in [0.29, 0.717) is 12.5 Å². The van der Waals surface area contributed by atoms with E-state index in [2.05, 4.69) is 12.7 Å². The van der Waals surface area contributed by atoms with Crippen molar-refractivity contribution in [1.82, 2.24) is 0 Å². The third-order valence-corrected chi connectivity index (χ3v) is 4.07. The number of rotatable bonds is 8. The summed E-state index contributed by atoms with van der Waals surface area (Å²) in [6, 6.07) is 17.2. The molecule has 0 bridgehead atoms. The van der Waals surface area contributed by atoms with Crippen LogP contribution in [0.15, 0.2) is 91.2 Å². The molecule has 0 aromatic heterocycles. The lowest BCUT2D eigenvalue weighted by Gasteiger charge is -2.16. The van der Waals surface area contributed by atoms with Gasteiger partial charge >= 0.3 is 5.97 Å². The summed E-state index contributed by atoms with van der Waals surface area (Å²) in [6.07, 6.45) is 8.89. The number of ether oxygens (including phenoxy) is 3.